The molecule has 3 atom stereocenters. The molecule has 3 unspecified atom stereocenters. The number of nitrogens with zero attached hydrogens (tertiary/aromatic N) is 1. The molecule has 1 aliphatic rings. The molecule has 0 spiro atoms. The van der Waals surface area contributed by atoms with Crippen molar-refractivity contribution in [3.05, 3.63) is 0 Å². The van der Waals surface area contributed by atoms with E-state index in [1.807, 2.05) is 0 Å². The Bertz CT molecular complexity index is 179. The number of hydrogen-bond acceptors (Lipinski definition) is 2. The lowest BCUT2D eigenvalue weighted by Crippen LogP contribution is -2.52. The van der Waals surface area contributed by atoms with E-state index in [9.17, 15) is 0 Å². The second kappa shape index (κ2) is 5.86. The van der Waals surface area contributed by atoms with E-state index < -0.39 is 0 Å². The highest BCUT2D eigenvalue weighted by Crippen LogP contribution is 2.26. The molecule has 1 N–H and O–H groups in total. The van der Waals surface area contributed by atoms with E-state index in [1.54, 1.807) is 0 Å². The standard InChI is InChI=1S/C13H28N2/c1-10(2)13(9-14-5)15-7-6-11(3)8-12(15)4/h10-14H,6-9H2,1-5H3. The SMILES string of the molecule is CNCC(C(C)C)N1CCC(C)CC1C. The summed E-state index contributed by atoms with van der Waals surface area (Å²) in [6.07, 6.45) is 2.74. The Balaban J connectivity index is 2.58. The lowest BCUT2D eigenvalue weighted by atomic mass is 9.89. The fraction of sp³-hybridized carbons (Fsp3) is 1.00. The van der Waals surface area contributed by atoms with Crippen LogP contribution in [0.3, 0.4) is 0 Å². The van der Waals surface area contributed by atoms with Gasteiger partial charge in [-0.3, -0.25) is 4.90 Å². The number of likely N-dealkylation sites (N-methyl/N-ethyl adjacent to an activating group) is 1. The van der Waals surface area contributed by atoms with Gasteiger partial charge in [0.1, 0.15) is 0 Å². The number of hydrogen-bond donors (Lipinski definition) is 1. The van der Waals surface area contributed by atoms with Gasteiger partial charge in [-0.25, -0.2) is 0 Å². The Labute approximate surface area is 95.4 Å². The van der Waals surface area contributed by atoms with Gasteiger partial charge in [0.05, 0.1) is 0 Å². The van der Waals surface area contributed by atoms with Crippen LogP contribution in [-0.2, 0) is 0 Å². The van der Waals surface area contributed by atoms with Crippen LogP contribution in [0.25, 0.3) is 0 Å². The highest BCUT2D eigenvalue weighted by atomic mass is 15.2. The van der Waals surface area contributed by atoms with Crippen LogP contribution < -0.4 is 5.32 Å². The van der Waals surface area contributed by atoms with Gasteiger partial charge in [-0.15, -0.1) is 0 Å². The molecule has 0 radical (unpaired) electrons. The predicted octanol–water partition coefficient (Wildman–Crippen LogP) is 2.35. The first-order chi connectivity index (χ1) is 7.06. The Kier molecular flexibility index (Phi) is 5.07. The quantitative estimate of drug-likeness (QED) is 0.769. The molecule has 1 aliphatic heterocycles. The normalized spacial score (nSPS) is 30.8. The maximum atomic E-state index is 3.34. The second-order valence-corrected chi connectivity index (χ2v) is 5.59. The van der Waals surface area contributed by atoms with Crippen LogP contribution in [0.5, 0.6) is 0 Å². The average Bonchev–Trinajstić information content (AvgIpc) is 2.15. The lowest BCUT2D eigenvalue weighted by molar-refractivity contribution is 0.0597. The maximum Gasteiger partial charge on any atom is 0.0246 e. The van der Waals surface area contributed by atoms with Crippen molar-refractivity contribution in [1.82, 2.24) is 10.2 Å². The van der Waals surface area contributed by atoms with Crippen molar-refractivity contribution in [2.75, 3.05) is 20.1 Å². The Morgan fingerprint density at radius 2 is 2.00 bits per heavy atom. The maximum absolute atomic E-state index is 3.34. The van der Waals surface area contributed by atoms with Crippen molar-refractivity contribution < 1.29 is 0 Å². The van der Waals surface area contributed by atoms with Crippen LogP contribution in [0.4, 0.5) is 0 Å². The van der Waals surface area contributed by atoms with Crippen molar-refractivity contribution in [3.8, 4) is 0 Å². The van der Waals surface area contributed by atoms with Gasteiger partial charge < -0.3 is 5.32 Å². The number of rotatable bonds is 4. The molecular formula is C13H28N2. The summed E-state index contributed by atoms with van der Waals surface area (Å²) >= 11 is 0. The molecule has 15 heavy (non-hydrogen) atoms. The monoisotopic (exact) mass is 212 g/mol. The third kappa shape index (κ3) is 3.46. The molecule has 0 bridgehead atoms. The van der Waals surface area contributed by atoms with Crippen LogP contribution in [0.2, 0.25) is 0 Å². The third-order valence-electron chi connectivity index (χ3n) is 3.80. The number of likely N-dealkylation sites (tertiary alicyclic amines) is 1. The van der Waals surface area contributed by atoms with Gasteiger partial charge in [0.25, 0.3) is 0 Å². The van der Waals surface area contributed by atoms with Crippen molar-refractivity contribution in [1.29, 1.82) is 0 Å². The van der Waals surface area contributed by atoms with Crippen LogP contribution >= 0.6 is 0 Å². The third-order valence-corrected chi connectivity index (χ3v) is 3.80. The van der Waals surface area contributed by atoms with Gasteiger partial charge in [-0.1, -0.05) is 20.8 Å². The number of nitrogens with one attached hydrogen (secondary N) is 1. The van der Waals surface area contributed by atoms with Crippen LogP contribution in [-0.4, -0.2) is 37.1 Å². The van der Waals surface area contributed by atoms with Gasteiger partial charge in [-0.05, 0) is 45.2 Å². The molecule has 1 heterocycles. The first-order valence-corrected chi connectivity index (χ1v) is 6.46. The summed E-state index contributed by atoms with van der Waals surface area (Å²) in [5.74, 6) is 1.66. The van der Waals surface area contributed by atoms with Gasteiger partial charge in [0.15, 0.2) is 0 Å². The summed E-state index contributed by atoms with van der Waals surface area (Å²) in [6, 6.07) is 1.46. The Hall–Kier alpha value is -0.0800. The zero-order chi connectivity index (χ0) is 11.4. The van der Waals surface area contributed by atoms with Crippen molar-refractivity contribution in [3.63, 3.8) is 0 Å². The van der Waals surface area contributed by atoms with E-state index in [0.29, 0.717) is 6.04 Å². The molecule has 90 valence electrons. The molecule has 0 aromatic heterocycles. The van der Waals surface area contributed by atoms with Crippen molar-refractivity contribution in [2.45, 2.75) is 52.6 Å². The highest BCUT2D eigenvalue weighted by Gasteiger charge is 2.29. The summed E-state index contributed by atoms with van der Waals surface area (Å²) in [5.41, 5.74) is 0. The average molecular weight is 212 g/mol. The first kappa shape index (κ1) is 13.0. The van der Waals surface area contributed by atoms with E-state index in [4.69, 9.17) is 0 Å². The molecule has 0 amide bonds. The fourth-order valence-electron chi connectivity index (χ4n) is 2.86. The van der Waals surface area contributed by atoms with Crippen LogP contribution in [0, 0.1) is 11.8 Å². The van der Waals surface area contributed by atoms with Gasteiger partial charge in [0, 0.05) is 18.6 Å². The summed E-state index contributed by atoms with van der Waals surface area (Å²) in [6.45, 7) is 11.9. The summed E-state index contributed by atoms with van der Waals surface area (Å²) in [4.78, 5) is 2.71. The minimum absolute atomic E-state index is 0.706. The van der Waals surface area contributed by atoms with E-state index in [-0.39, 0.29) is 0 Å². The molecule has 2 heteroatoms. The molecule has 0 saturated carbocycles. The van der Waals surface area contributed by atoms with E-state index in [1.165, 1.54) is 19.4 Å². The molecule has 1 saturated heterocycles. The van der Waals surface area contributed by atoms with E-state index in [0.717, 1.165) is 24.4 Å². The smallest absolute Gasteiger partial charge is 0.0246 e. The molecular weight excluding hydrogens is 184 g/mol. The Morgan fingerprint density at radius 3 is 2.47 bits per heavy atom. The zero-order valence-electron chi connectivity index (χ0n) is 11.1. The summed E-state index contributed by atoms with van der Waals surface area (Å²) in [5, 5.41) is 3.34. The summed E-state index contributed by atoms with van der Waals surface area (Å²) < 4.78 is 0. The zero-order valence-corrected chi connectivity index (χ0v) is 11.1. The van der Waals surface area contributed by atoms with Crippen molar-refractivity contribution >= 4 is 0 Å². The summed E-state index contributed by atoms with van der Waals surface area (Å²) in [7, 11) is 2.06. The predicted molar refractivity (Wildman–Crippen MR) is 67.1 cm³/mol. The van der Waals surface area contributed by atoms with E-state index in [2.05, 4.69) is 45.0 Å². The highest BCUT2D eigenvalue weighted by molar-refractivity contribution is 4.85. The Morgan fingerprint density at radius 1 is 1.33 bits per heavy atom. The minimum atomic E-state index is 0.706. The first-order valence-electron chi connectivity index (χ1n) is 6.46. The number of piperidine rings is 1. The minimum Gasteiger partial charge on any atom is -0.318 e. The van der Waals surface area contributed by atoms with Crippen LogP contribution in [0.15, 0.2) is 0 Å². The molecule has 0 aliphatic carbocycles. The fourth-order valence-corrected chi connectivity index (χ4v) is 2.86. The van der Waals surface area contributed by atoms with Gasteiger partial charge in [0.2, 0.25) is 0 Å². The molecule has 1 rings (SSSR count). The molecule has 2 nitrogen and oxygen atoms in total. The van der Waals surface area contributed by atoms with E-state index >= 15 is 0 Å². The lowest BCUT2D eigenvalue weighted by Gasteiger charge is -2.43. The molecule has 1 fully saturated rings. The van der Waals surface area contributed by atoms with Gasteiger partial charge >= 0.3 is 0 Å². The second-order valence-electron chi connectivity index (χ2n) is 5.59. The van der Waals surface area contributed by atoms with Crippen molar-refractivity contribution in [2.24, 2.45) is 11.8 Å². The molecule has 0 aromatic carbocycles. The van der Waals surface area contributed by atoms with Gasteiger partial charge in [-0.2, -0.15) is 0 Å². The molecule has 0 aromatic rings. The van der Waals surface area contributed by atoms with Crippen LogP contribution in [0.1, 0.15) is 40.5 Å². The topological polar surface area (TPSA) is 15.3 Å². The largest absolute Gasteiger partial charge is 0.318 e.